The maximum absolute atomic E-state index is 13.4. The van der Waals surface area contributed by atoms with Gasteiger partial charge in [-0.15, -0.1) is 0 Å². The number of allylic oxidation sites excluding steroid dienone is 1. The van der Waals surface area contributed by atoms with Gasteiger partial charge in [0, 0.05) is 67.7 Å². The summed E-state index contributed by atoms with van der Waals surface area (Å²) in [5, 5.41) is -0.00682. The van der Waals surface area contributed by atoms with Gasteiger partial charge in [-0.25, -0.2) is 13.1 Å². The van der Waals surface area contributed by atoms with Crippen LogP contribution in [0.25, 0.3) is 0 Å². The first kappa shape index (κ1) is 39.6. The van der Waals surface area contributed by atoms with E-state index in [4.69, 9.17) is 25.8 Å². The standard InChI is InChI=1S/C42H56ClN3O6S/c1-6-7-19-42(50-5,20-8-9-21-45-22-23-51-27-31(45)4)37-15-12-34(37)26-46-28-41(18-10-11-32-24-35(43)14-16-36(32)41)29-52-39-17-13-33(25-38(39)46)40(47)44-53(48,49)30(2)3/h7,13-14,16-17,19,24-25,30-31,34,37H,6,9-12,15,18,21-23,26-29H2,1-5H3,(H,44,47)/b19-7+/t31-,34-,37+,41-,42+/m0/s1. The molecule has 2 aliphatic carbocycles. The molecule has 0 aromatic heterocycles. The molecule has 1 N–H and O–H groups in total. The van der Waals surface area contributed by atoms with Crippen LogP contribution in [0.3, 0.4) is 0 Å². The van der Waals surface area contributed by atoms with Crippen LogP contribution in [-0.4, -0.2) is 89.2 Å². The van der Waals surface area contributed by atoms with Gasteiger partial charge in [0.1, 0.15) is 11.4 Å². The zero-order chi connectivity index (χ0) is 37.8. The average Bonchev–Trinajstić information content (AvgIpc) is 3.27. The Bertz CT molecular complexity index is 1840. The molecule has 1 amide bonds. The fourth-order valence-corrected chi connectivity index (χ4v) is 9.32. The van der Waals surface area contributed by atoms with Gasteiger partial charge in [-0.2, -0.15) is 0 Å². The number of fused-ring (bicyclic) bond motifs is 3. The van der Waals surface area contributed by atoms with Crippen molar-refractivity contribution in [2.45, 2.75) is 94.9 Å². The molecule has 5 atom stereocenters. The monoisotopic (exact) mass is 765 g/mol. The van der Waals surface area contributed by atoms with Crippen LogP contribution in [-0.2, 0) is 31.3 Å². The van der Waals surface area contributed by atoms with E-state index in [0.29, 0.717) is 31.5 Å². The molecule has 2 aromatic rings. The van der Waals surface area contributed by atoms with E-state index in [2.05, 4.69) is 64.5 Å². The Morgan fingerprint density at radius 1 is 1.23 bits per heavy atom. The summed E-state index contributed by atoms with van der Waals surface area (Å²) >= 11 is 6.49. The number of nitrogens with zero attached hydrogens (tertiary/aromatic N) is 2. The van der Waals surface area contributed by atoms with Gasteiger partial charge in [-0.3, -0.25) is 9.69 Å². The first-order valence-electron chi connectivity index (χ1n) is 19.3. The molecule has 2 fully saturated rings. The summed E-state index contributed by atoms with van der Waals surface area (Å²) in [6.07, 6.45) is 10.9. The van der Waals surface area contributed by atoms with Gasteiger partial charge in [0.15, 0.2) is 0 Å². The van der Waals surface area contributed by atoms with Gasteiger partial charge in [0.05, 0.1) is 30.8 Å². The SMILES string of the molecule is CC/C=C/[C@](C#CCCN1CCOC[C@@H]1C)(OC)[C@@H]1CC[C@H]1CN1C[C@@]2(CCCc3cc(Cl)ccc32)COc2ccc(C(=O)NS(=O)(=O)C(C)C)cc21. The normalized spacial score (nSPS) is 25.7. The van der Waals surface area contributed by atoms with E-state index in [1.165, 1.54) is 11.1 Å². The van der Waals surface area contributed by atoms with Crippen molar-refractivity contribution in [3.63, 3.8) is 0 Å². The zero-order valence-electron chi connectivity index (χ0n) is 32.0. The highest BCUT2D eigenvalue weighted by Gasteiger charge is 2.48. The van der Waals surface area contributed by atoms with Crippen LogP contribution in [0.5, 0.6) is 5.75 Å². The van der Waals surface area contributed by atoms with E-state index in [0.717, 1.165) is 82.0 Å². The maximum Gasteiger partial charge on any atom is 0.264 e. The van der Waals surface area contributed by atoms with Crippen molar-refractivity contribution in [1.82, 2.24) is 9.62 Å². The maximum atomic E-state index is 13.4. The van der Waals surface area contributed by atoms with Gasteiger partial charge >= 0.3 is 0 Å². The van der Waals surface area contributed by atoms with Gasteiger partial charge in [0.2, 0.25) is 10.0 Å². The molecule has 1 spiro atoms. The second kappa shape index (κ2) is 16.7. The smallest absolute Gasteiger partial charge is 0.264 e. The van der Waals surface area contributed by atoms with Crippen molar-refractivity contribution >= 4 is 33.2 Å². The number of nitrogens with one attached hydrogen (secondary N) is 1. The molecule has 1 saturated heterocycles. The molecule has 53 heavy (non-hydrogen) atoms. The second-order valence-corrected chi connectivity index (χ2v) is 18.2. The first-order chi connectivity index (χ1) is 25.4. The molecule has 0 radical (unpaired) electrons. The highest BCUT2D eigenvalue weighted by molar-refractivity contribution is 7.90. The number of amides is 1. The van der Waals surface area contributed by atoms with Crippen LogP contribution in [0, 0.1) is 23.7 Å². The van der Waals surface area contributed by atoms with E-state index in [1.54, 1.807) is 33.1 Å². The van der Waals surface area contributed by atoms with Crippen molar-refractivity contribution in [2.24, 2.45) is 11.8 Å². The molecule has 2 aromatic carbocycles. The summed E-state index contributed by atoms with van der Waals surface area (Å²) in [4.78, 5) is 18.2. The molecule has 9 nitrogen and oxygen atoms in total. The van der Waals surface area contributed by atoms with Gasteiger partial charge in [0.25, 0.3) is 5.91 Å². The minimum absolute atomic E-state index is 0.161. The number of sulfonamides is 1. The summed E-state index contributed by atoms with van der Waals surface area (Å²) in [6, 6.07) is 11.9. The fraction of sp³-hybridized carbons (Fsp3) is 0.595. The summed E-state index contributed by atoms with van der Waals surface area (Å²) < 4.78 is 46.3. The van der Waals surface area contributed by atoms with Crippen molar-refractivity contribution in [2.75, 3.05) is 58.0 Å². The summed E-state index contributed by atoms with van der Waals surface area (Å²) in [7, 11) is -2.03. The van der Waals surface area contributed by atoms with Crippen molar-refractivity contribution in [1.29, 1.82) is 0 Å². The third kappa shape index (κ3) is 8.60. The van der Waals surface area contributed by atoms with Crippen LogP contribution >= 0.6 is 11.6 Å². The van der Waals surface area contributed by atoms with E-state index < -0.39 is 26.8 Å². The number of benzene rings is 2. The van der Waals surface area contributed by atoms with Gasteiger partial charge in [-0.05, 0) is 113 Å². The van der Waals surface area contributed by atoms with E-state index in [-0.39, 0.29) is 22.8 Å². The lowest BCUT2D eigenvalue weighted by molar-refractivity contribution is -0.0351. The van der Waals surface area contributed by atoms with E-state index in [9.17, 15) is 13.2 Å². The van der Waals surface area contributed by atoms with Crippen molar-refractivity contribution in [3.8, 4) is 17.6 Å². The molecular formula is C42H56ClN3O6S. The summed E-state index contributed by atoms with van der Waals surface area (Å²) in [5.74, 6) is 7.58. The van der Waals surface area contributed by atoms with Crippen molar-refractivity contribution < 1.29 is 27.4 Å². The predicted molar refractivity (Wildman–Crippen MR) is 211 cm³/mol. The Kier molecular flexibility index (Phi) is 12.5. The Balaban J connectivity index is 1.33. The number of ether oxygens (including phenoxy) is 3. The molecule has 6 rings (SSSR count). The lowest BCUT2D eigenvalue weighted by Crippen LogP contribution is -2.52. The van der Waals surface area contributed by atoms with Crippen LogP contribution in [0.1, 0.15) is 87.7 Å². The number of hydrogen-bond acceptors (Lipinski definition) is 8. The number of halogens is 1. The minimum atomic E-state index is -3.81. The van der Waals surface area contributed by atoms with Crippen LogP contribution < -0.4 is 14.4 Å². The molecular weight excluding hydrogens is 710 g/mol. The number of carbonyl (C=O) groups excluding carboxylic acids is 1. The number of hydrogen-bond donors (Lipinski definition) is 1. The lowest BCUT2D eigenvalue weighted by Gasteiger charge is -2.48. The lowest BCUT2D eigenvalue weighted by atomic mass is 9.64. The molecule has 4 aliphatic rings. The second-order valence-electron chi connectivity index (χ2n) is 15.6. The molecule has 11 heteroatoms. The summed E-state index contributed by atoms with van der Waals surface area (Å²) in [5.41, 5.74) is 2.56. The van der Waals surface area contributed by atoms with Crippen LogP contribution in [0.4, 0.5) is 5.69 Å². The Morgan fingerprint density at radius 2 is 2.06 bits per heavy atom. The largest absolute Gasteiger partial charge is 0.490 e. The topological polar surface area (TPSA) is 97.4 Å². The number of carbonyl (C=O) groups is 1. The van der Waals surface area contributed by atoms with Crippen LogP contribution in [0.15, 0.2) is 48.6 Å². The molecule has 288 valence electrons. The number of aryl methyl sites for hydroxylation is 1. The predicted octanol–water partition coefficient (Wildman–Crippen LogP) is 6.77. The highest BCUT2D eigenvalue weighted by atomic mass is 35.5. The highest BCUT2D eigenvalue weighted by Crippen LogP contribution is 2.49. The number of morpholine rings is 1. The Morgan fingerprint density at radius 3 is 2.77 bits per heavy atom. The van der Waals surface area contributed by atoms with Crippen LogP contribution in [0.2, 0.25) is 5.02 Å². The van der Waals surface area contributed by atoms with Gasteiger partial charge in [-0.1, -0.05) is 42.5 Å². The minimum Gasteiger partial charge on any atom is -0.490 e. The molecule has 0 unspecified atom stereocenters. The molecule has 1 saturated carbocycles. The number of anilines is 1. The third-order valence-electron chi connectivity index (χ3n) is 11.8. The average molecular weight is 766 g/mol. The number of methoxy groups -OCH3 is 1. The zero-order valence-corrected chi connectivity index (χ0v) is 33.5. The molecule has 0 bridgehead atoms. The molecule has 2 heterocycles. The third-order valence-corrected chi connectivity index (χ3v) is 13.8. The van der Waals surface area contributed by atoms with Gasteiger partial charge < -0.3 is 19.1 Å². The quantitative estimate of drug-likeness (QED) is 0.198. The molecule has 2 aliphatic heterocycles. The number of rotatable bonds is 11. The Hall–Kier alpha value is -3.07. The van der Waals surface area contributed by atoms with E-state index >= 15 is 0 Å². The van der Waals surface area contributed by atoms with E-state index in [1.807, 2.05) is 12.1 Å². The fourth-order valence-electron chi connectivity index (χ4n) is 8.51. The summed E-state index contributed by atoms with van der Waals surface area (Å²) in [6.45, 7) is 12.7. The Labute approximate surface area is 321 Å². The first-order valence-corrected chi connectivity index (χ1v) is 21.2. The van der Waals surface area contributed by atoms with Crippen molar-refractivity contribution in [3.05, 3.63) is 70.3 Å².